The number of rotatable bonds is 3. The molecule has 0 saturated heterocycles. The number of nitrogens with zero attached hydrogens (tertiary/aromatic N) is 1. The summed E-state index contributed by atoms with van der Waals surface area (Å²) in [4.78, 5) is 12.1. The molecule has 7 heteroatoms. The predicted molar refractivity (Wildman–Crippen MR) is 73.3 cm³/mol. The molecule has 106 valence electrons. The largest absolute Gasteiger partial charge is 0.321 e. The number of benzene rings is 2. The number of nitrogens with two attached hydrogens (primary N) is 1. The smallest absolute Gasteiger partial charge is 0.257 e. The first-order valence-electron chi connectivity index (χ1n) is 5.83. The van der Waals surface area contributed by atoms with Crippen molar-refractivity contribution >= 4 is 17.3 Å². The minimum absolute atomic E-state index is 0.0364. The van der Waals surface area contributed by atoms with Crippen molar-refractivity contribution in [3.8, 4) is 6.07 Å². The second-order valence-electron chi connectivity index (χ2n) is 4.06. The third-order valence-corrected chi connectivity index (χ3v) is 2.75. The van der Waals surface area contributed by atoms with E-state index in [2.05, 4.69) is 10.7 Å². The lowest BCUT2D eigenvalue weighted by Crippen LogP contribution is -2.18. The Hall–Kier alpha value is -2.98. The van der Waals surface area contributed by atoms with Gasteiger partial charge in [-0.2, -0.15) is 5.26 Å². The average Bonchev–Trinajstić information content (AvgIpc) is 2.48. The summed E-state index contributed by atoms with van der Waals surface area (Å²) in [7, 11) is 0. The van der Waals surface area contributed by atoms with Crippen LogP contribution in [0.15, 0.2) is 36.4 Å². The van der Waals surface area contributed by atoms with Crippen LogP contribution in [0.3, 0.4) is 0 Å². The van der Waals surface area contributed by atoms with Gasteiger partial charge in [0, 0.05) is 0 Å². The molecule has 0 saturated carbocycles. The zero-order valence-electron chi connectivity index (χ0n) is 10.7. The maximum Gasteiger partial charge on any atom is 0.257 e. The lowest BCUT2D eigenvalue weighted by atomic mass is 10.1. The second-order valence-corrected chi connectivity index (χ2v) is 4.06. The normalized spacial score (nSPS) is 9.81. The van der Waals surface area contributed by atoms with Gasteiger partial charge in [-0.05, 0) is 30.3 Å². The van der Waals surface area contributed by atoms with Gasteiger partial charge in [0.05, 0.1) is 22.5 Å². The Labute approximate surface area is 119 Å². The molecular weight excluding hydrogens is 278 g/mol. The summed E-state index contributed by atoms with van der Waals surface area (Å²) in [6.07, 6.45) is 0. The zero-order valence-corrected chi connectivity index (χ0v) is 10.7. The topological polar surface area (TPSA) is 90.9 Å². The summed E-state index contributed by atoms with van der Waals surface area (Å²) < 4.78 is 26.5. The fraction of sp³-hybridized carbons (Fsp3) is 0. The number of anilines is 2. The number of carbonyl (C=O) groups is 1. The van der Waals surface area contributed by atoms with Crippen molar-refractivity contribution in [3.63, 3.8) is 0 Å². The Morgan fingerprint density at radius 1 is 1.24 bits per heavy atom. The molecule has 0 heterocycles. The molecule has 0 aliphatic carbocycles. The molecule has 0 aromatic heterocycles. The molecule has 0 aliphatic heterocycles. The van der Waals surface area contributed by atoms with Gasteiger partial charge in [-0.3, -0.25) is 10.6 Å². The molecule has 2 rings (SSSR count). The van der Waals surface area contributed by atoms with Gasteiger partial charge in [-0.25, -0.2) is 8.78 Å². The van der Waals surface area contributed by atoms with Crippen LogP contribution in [-0.4, -0.2) is 5.91 Å². The number of para-hydroxylation sites is 1. The fourth-order valence-corrected chi connectivity index (χ4v) is 1.77. The Kier molecular flexibility index (Phi) is 4.11. The summed E-state index contributed by atoms with van der Waals surface area (Å²) in [5.74, 6) is 3.22. The Balaban J connectivity index is 2.36. The molecule has 0 bridgehead atoms. The third kappa shape index (κ3) is 2.96. The molecular formula is C14H10F2N4O. The van der Waals surface area contributed by atoms with E-state index in [1.54, 1.807) is 6.07 Å². The van der Waals surface area contributed by atoms with E-state index in [-0.39, 0.29) is 22.5 Å². The molecule has 4 N–H and O–H groups in total. The summed E-state index contributed by atoms with van der Waals surface area (Å²) in [6.45, 7) is 0. The number of hydrazine groups is 1. The minimum Gasteiger partial charge on any atom is -0.321 e. The molecule has 0 spiro atoms. The first kappa shape index (κ1) is 14.4. The minimum atomic E-state index is -0.690. The van der Waals surface area contributed by atoms with E-state index >= 15 is 0 Å². The van der Waals surface area contributed by atoms with Gasteiger partial charge in [0.25, 0.3) is 5.91 Å². The molecule has 2 aromatic carbocycles. The molecule has 1 amide bonds. The maximum absolute atomic E-state index is 13.5. The number of hydrogen-bond donors (Lipinski definition) is 3. The molecule has 2 aromatic rings. The van der Waals surface area contributed by atoms with Gasteiger partial charge in [0.1, 0.15) is 17.7 Å². The first-order chi connectivity index (χ1) is 10.1. The van der Waals surface area contributed by atoms with Crippen molar-refractivity contribution in [3.05, 3.63) is 59.2 Å². The van der Waals surface area contributed by atoms with E-state index in [1.165, 1.54) is 18.2 Å². The standard InChI is InChI=1S/C14H10F2N4O/c15-9-4-5-12(8(6-9)7-17)19-14(21)10-2-1-3-11(16)13(10)20-18/h1-6,20H,18H2,(H,19,21). The van der Waals surface area contributed by atoms with Crippen LogP contribution in [0.5, 0.6) is 0 Å². The molecule has 0 fully saturated rings. The Morgan fingerprint density at radius 2 is 2.00 bits per heavy atom. The van der Waals surface area contributed by atoms with Crippen molar-refractivity contribution in [1.29, 1.82) is 5.26 Å². The van der Waals surface area contributed by atoms with Crippen molar-refractivity contribution in [2.45, 2.75) is 0 Å². The summed E-state index contributed by atoms with van der Waals surface area (Å²) in [5, 5.41) is 11.3. The van der Waals surface area contributed by atoms with Crippen molar-refractivity contribution in [2.75, 3.05) is 10.7 Å². The molecule has 0 unspecified atom stereocenters. The van der Waals surface area contributed by atoms with Crippen molar-refractivity contribution in [1.82, 2.24) is 0 Å². The number of carbonyl (C=O) groups excluding carboxylic acids is 1. The lowest BCUT2D eigenvalue weighted by molar-refractivity contribution is 0.102. The quantitative estimate of drug-likeness (QED) is 0.597. The van der Waals surface area contributed by atoms with Gasteiger partial charge in [-0.15, -0.1) is 0 Å². The predicted octanol–water partition coefficient (Wildman–Crippen LogP) is 2.37. The first-order valence-corrected chi connectivity index (χ1v) is 5.83. The van der Waals surface area contributed by atoms with Crippen LogP contribution in [0.1, 0.15) is 15.9 Å². The zero-order chi connectivity index (χ0) is 15.4. The number of halogens is 2. The highest BCUT2D eigenvalue weighted by Gasteiger charge is 2.16. The third-order valence-electron chi connectivity index (χ3n) is 2.75. The molecule has 21 heavy (non-hydrogen) atoms. The van der Waals surface area contributed by atoms with Gasteiger partial charge >= 0.3 is 0 Å². The number of nitrogen functional groups attached to an aromatic ring is 1. The van der Waals surface area contributed by atoms with Crippen LogP contribution in [-0.2, 0) is 0 Å². The summed E-state index contributed by atoms with van der Waals surface area (Å²) in [5.41, 5.74) is 1.98. The fourth-order valence-electron chi connectivity index (χ4n) is 1.77. The van der Waals surface area contributed by atoms with E-state index in [0.717, 1.165) is 18.2 Å². The highest BCUT2D eigenvalue weighted by Crippen LogP contribution is 2.22. The van der Waals surface area contributed by atoms with E-state index in [4.69, 9.17) is 11.1 Å². The monoisotopic (exact) mass is 288 g/mol. The van der Waals surface area contributed by atoms with Crippen LogP contribution in [0.2, 0.25) is 0 Å². The van der Waals surface area contributed by atoms with E-state index < -0.39 is 17.5 Å². The number of nitriles is 1. The number of nitrogens with one attached hydrogen (secondary N) is 2. The van der Waals surface area contributed by atoms with Gasteiger partial charge < -0.3 is 10.7 Å². The molecule has 0 radical (unpaired) electrons. The van der Waals surface area contributed by atoms with Crippen molar-refractivity contribution in [2.24, 2.45) is 5.84 Å². The summed E-state index contributed by atoms with van der Waals surface area (Å²) in [6, 6.07) is 8.96. The van der Waals surface area contributed by atoms with Gasteiger partial charge in [-0.1, -0.05) is 6.07 Å². The highest BCUT2D eigenvalue weighted by molar-refractivity contribution is 6.08. The van der Waals surface area contributed by atoms with Crippen LogP contribution in [0.4, 0.5) is 20.2 Å². The SMILES string of the molecule is N#Cc1cc(F)ccc1NC(=O)c1cccc(F)c1NN. The number of amides is 1. The molecule has 0 atom stereocenters. The Morgan fingerprint density at radius 3 is 2.67 bits per heavy atom. The van der Waals surface area contributed by atoms with Crippen LogP contribution in [0, 0.1) is 23.0 Å². The van der Waals surface area contributed by atoms with E-state index in [1.807, 2.05) is 0 Å². The van der Waals surface area contributed by atoms with Crippen LogP contribution >= 0.6 is 0 Å². The van der Waals surface area contributed by atoms with Crippen LogP contribution < -0.4 is 16.6 Å². The lowest BCUT2D eigenvalue weighted by Gasteiger charge is -2.11. The second kappa shape index (κ2) is 5.98. The average molecular weight is 288 g/mol. The summed E-state index contributed by atoms with van der Waals surface area (Å²) >= 11 is 0. The number of hydrogen-bond acceptors (Lipinski definition) is 4. The Bertz CT molecular complexity index is 740. The molecule has 5 nitrogen and oxygen atoms in total. The van der Waals surface area contributed by atoms with Gasteiger partial charge in [0.15, 0.2) is 0 Å². The maximum atomic E-state index is 13.5. The van der Waals surface area contributed by atoms with Crippen LogP contribution in [0.25, 0.3) is 0 Å². The van der Waals surface area contributed by atoms with Crippen molar-refractivity contribution < 1.29 is 13.6 Å². The van der Waals surface area contributed by atoms with E-state index in [9.17, 15) is 13.6 Å². The van der Waals surface area contributed by atoms with Gasteiger partial charge in [0.2, 0.25) is 0 Å². The highest BCUT2D eigenvalue weighted by atomic mass is 19.1. The van der Waals surface area contributed by atoms with E-state index in [0.29, 0.717) is 0 Å². The molecule has 0 aliphatic rings.